The number of fused-ring (bicyclic) bond motifs is 8. The molecule has 0 fully saturated rings. The predicted octanol–water partition coefficient (Wildman–Crippen LogP) is 14.4. The van der Waals surface area contributed by atoms with E-state index < -0.39 is 0 Å². The van der Waals surface area contributed by atoms with Crippen LogP contribution in [0.2, 0.25) is 0 Å². The number of rotatable bonds is 5. The molecule has 0 aliphatic carbocycles. The number of benzene rings is 1. The van der Waals surface area contributed by atoms with E-state index in [4.69, 9.17) is 22.2 Å². The summed E-state index contributed by atoms with van der Waals surface area (Å²) in [5.74, 6) is 29.7. The molecule has 0 unspecified atom stereocenters. The lowest BCUT2D eigenvalue weighted by atomic mass is 10.0. The summed E-state index contributed by atoms with van der Waals surface area (Å²) in [7, 11) is 2.10. The third-order valence-corrected chi connectivity index (χ3v) is 18.7. The minimum Gasteiger partial charge on any atom is -0.405 e. The van der Waals surface area contributed by atoms with Crippen molar-refractivity contribution >= 4 is 154 Å². The van der Waals surface area contributed by atoms with Crippen LogP contribution in [0.5, 0.6) is 5.75 Å². The average Bonchev–Trinajstić information content (AvgIpc) is 4.11. The monoisotopic (exact) mass is 956 g/mol. The van der Waals surface area contributed by atoms with E-state index in [0.717, 1.165) is 80.0 Å². The van der Waals surface area contributed by atoms with Crippen LogP contribution in [0, 0.1) is 85.2 Å². The van der Waals surface area contributed by atoms with Crippen LogP contribution in [0.25, 0.3) is 92.3 Å². The Kier molecular flexibility index (Phi) is 9.99. The first-order chi connectivity index (χ1) is 30.8. The van der Waals surface area contributed by atoms with Crippen molar-refractivity contribution in [1.82, 2.24) is 17.9 Å². The Morgan fingerprint density at radius 2 is 1.17 bits per heavy atom. The van der Waals surface area contributed by atoms with Gasteiger partial charge in [-0.05, 0) is 100 Å². The fraction of sp³-hybridized carbons (Fsp3) is 0.125. The molecule has 15 heteroatoms. The second kappa shape index (κ2) is 15.9. The highest BCUT2D eigenvalue weighted by atomic mass is 32.1. The maximum atomic E-state index is 6.20. The minimum atomic E-state index is 0.643. The average molecular weight is 957 g/mol. The van der Waals surface area contributed by atoms with Crippen LogP contribution in [-0.2, 0) is 18.4 Å². The second-order valence-electron chi connectivity index (χ2n) is 14.0. The van der Waals surface area contributed by atoms with E-state index in [1.54, 1.807) is 66.1 Å². The van der Waals surface area contributed by atoms with Crippen molar-refractivity contribution in [1.29, 1.82) is 0 Å². The summed E-state index contributed by atoms with van der Waals surface area (Å²) < 4.78 is 35.2. The van der Waals surface area contributed by atoms with E-state index in [1.807, 2.05) is 28.7 Å². The van der Waals surface area contributed by atoms with Gasteiger partial charge in [-0.1, -0.05) is 17.8 Å². The zero-order valence-electron chi connectivity index (χ0n) is 33.8. The molecule has 0 saturated heterocycles. The van der Waals surface area contributed by atoms with Gasteiger partial charge in [-0.25, -0.2) is 0 Å². The summed E-state index contributed by atoms with van der Waals surface area (Å²) in [6.07, 6.45) is 2.82. The van der Waals surface area contributed by atoms with Crippen molar-refractivity contribution in [2.24, 2.45) is 15.8 Å². The van der Waals surface area contributed by atoms with Gasteiger partial charge in [0.1, 0.15) is 28.5 Å². The Morgan fingerprint density at radius 1 is 0.571 bits per heavy atom. The molecule has 0 atom stereocenters. The summed E-state index contributed by atoms with van der Waals surface area (Å²) >= 11 is 12.8. The number of ether oxygens (including phenoxy) is 1. The smallest absolute Gasteiger partial charge is 0.160 e. The van der Waals surface area contributed by atoms with Crippen molar-refractivity contribution in [3.63, 3.8) is 0 Å². The topological polar surface area (TPSA) is 69.6 Å². The molecule has 0 N–H and O–H groups in total. The van der Waals surface area contributed by atoms with Crippen LogP contribution in [0.4, 0.5) is 11.4 Å². The predicted molar refractivity (Wildman–Crippen MR) is 273 cm³/mol. The first kappa shape index (κ1) is 39.7. The number of nitrogens with zero attached hydrogens (tertiary/aromatic N) is 6. The second-order valence-corrected chi connectivity index (χ2v) is 21.6. The standard InChI is InChI=1S/C48H24N6OS8/c1-7-10-13-16-27-21-28-44(57-27)45-29(53(28)6)22-36(61-45)48-32(55-18-15-12-9-3)24-34(59-48)38-41-39(49-62-51-41)37(40-42(38)52-63-50-40)33-19-25(4)43(58-33)35-23-31-47(60-35)46-30(20-26(5)56-46)54(31)17-14-11-8-2/h19-24H,1-6H3. The molecule has 7 nitrogen and oxygen atoms in total. The summed E-state index contributed by atoms with van der Waals surface area (Å²) in [4.78, 5) is 8.68. The van der Waals surface area contributed by atoms with Crippen LogP contribution in [0.3, 0.4) is 0 Å². The molecule has 63 heavy (non-hydrogen) atoms. The molecule has 0 bridgehead atoms. The highest BCUT2D eigenvalue weighted by Gasteiger charge is 2.30. The highest BCUT2D eigenvalue weighted by molar-refractivity contribution is 7.58. The molecular weight excluding hydrogens is 933 g/mol. The van der Waals surface area contributed by atoms with Gasteiger partial charge in [0.15, 0.2) is 5.75 Å². The van der Waals surface area contributed by atoms with E-state index in [9.17, 15) is 0 Å². The lowest BCUT2D eigenvalue weighted by Gasteiger charge is -2.09. The summed E-state index contributed by atoms with van der Waals surface area (Å²) in [5.41, 5.74) is 10.7. The molecule has 0 amide bonds. The molecular formula is C48H24N6OS8. The SMILES string of the molecule is CC#CC#COc1cc(-c2c3c(c(-c4cc(C)c(-c5cc6c(s5)c5sc(C)cc5n6C#CC#CC)s4)c4nsnc24)N=S=N3)sc1-c1cc2c(s1)c1sc(C#CC#CC)cc1n2C. The Hall–Kier alpha value is -6.18. The Bertz CT molecular complexity index is 4120. The third-order valence-electron chi connectivity index (χ3n) is 10.2. The molecule has 9 aromatic heterocycles. The Labute approximate surface area is 393 Å². The zero-order valence-corrected chi connectivity index (χ0v) is 40.4. The summed E-state index contributed by atoms with van der Waals surface area (Å²) in [6.45, 7) is 9.67. The fourth-order valence-corrected chi connectivity index (χ4v) is 16.0. The normalized spacial score (nSPS) is 11.3. The van der Waals surface area contributed by atoms with Crippen molar-refractivity contribution < 1.29 is 4.74 Å². The lowest BCUT2D eigenvalue weighted by Crippen LogP contribution is -1.85. The molecule has 1 aliphatic heterocycles. The van der Waals surface area contributed by atoms with E-state index in [-0.39, 0.29) is 0 Å². The molecule has 10 heterocycles. The van der Waals surface area contributed by atoms with Crippen LogP contribution in [-0.4, -0.2) is 17.9 Å². The number of hydrogen-bond acceptors (Lipinski definition) is 12. The van der Waals surface area contributed by atoms with Crippen molar-refractivity contribution in [2.75, 3.05) is 0 Å². The summed E-state index contributed by atoms with van der Waals surface area (Å²) in [6, 6.07) is 16.4. The van der Waals surface area contributed by atoms with Crippen LogP contribution in [0.1, 0.15) is 36.1 Å². The zero-order chi connectivity index (χ0) is 42.9. The van der Waals surface area contributed by atoms with Gasteiger partial charge in [-0.3, -0.25) is 4.57 Å². The minimum absolute atomic E-state index is 0.643. The summed E-state index contributed by atoms with van der Waals surface area (Å²) in [5, 5.41) is 0. The maximum absolute atomic E-state index is 6.20. The van der Waals surface area contributed by atoms with E-state index in [1.165, 1.54) is 62.1 Å². The number of aromatic nitrogens is 4. The Morgan fingerprint density at radius 3 is 1.94 bits per heavy atom. The van der Waals surface area contributed by atoms with Gasteiger partial charge in [0, 0.05) is 60.9 Å². The van der Waals surface area contributed by atoms with E-state index in [2.05, 4.69) is 132 Å². The first-order valence-electron chi connectivity index (χ1n) is 19.0. The van der Waals surface area contributed by atoms with Crippen LogP contribution in [0.15, 0.2) is 45.1 Å². The van der Waals surface area contributed by atoms with Crippen molar-refractivity contribution in [3.05, 3.63) is 51.7 Å². The van der Waals surface area contributed by atoms with E-state index in [0.29, 0.717) is 5.75 Å². The fourth-order valence-electron chi connectivity index (χ4n) is 7.58. The van der Waals surface area contributed by atoms with Gasteiger partial charge in [-0.2, -0.15) is 17.5 Å². The van der Waals surface area contributed by atoms with Crippen molar-refractivity contribution in [3.8, 4) is 117 Å². The third kappa shape index (κ3) is 6.49. The highest BCUT2D eigenvalue weighted by Crippen LogP contribution is 2.58. The molecule has 0 saturated carbocycles. The number of thiophene rings is 6. The largest absolute Gasteiger partial charge is 0.405 e. The van der Waals surface area contributed by atoms with Gasteiger partial charge in [0.2, 0.25) is 0 Å². The van der Waals surface area contributed by atoms with Crippen LogP contribution >= 0.6 is 79.7 Å². The molecule has 0 spiro atoms. The van der Waals surface area contributed by atoms with Gasteiger partial charge in [-0.15, -0.1) is 68.0 Å². The molecule has 11 rings (SSSR count). The Balaban J connectivity index is 1.03. The van der Waals surface area contributed by atoms with Gasteiger partial charge < -0.3 is 9.30 Å². The molecule has 0 radical (unpaired) electrons. The molecule has 300 valence electrons. The van der Waals surface area contributed by atoms with Gasteiger partial charge in [0.05, 0.1) is 84.1 Å². The quantitative estimate of drug-likeness (QED) is 0.161. The lowest BCUT2D eigenvalue weighted by molar-refractivity contribution is 0.524. The number of aryl methyl sites for hydroxylation is 3. The van der Waals surface area contributed by atoms with Crippen LogP contribution < -0.4 is 4.74 Å². The molecule has 1 aliphatic rings. The molecule has 1 aromatic carbocycles. The first-order valence-corrected chi connectivity index (χ1v) is 25.4. The van der Waals surface area contributed by atoms with Crippen molar-refractivity contribution in [2.45, 2.75) is 34.6 Å². The van der Waals surface area contributed by atoms with Gasteiger partial charge in [0.25, 0.3) is 0 Å². The number of hydrogen-bond donors (Lipinski definition) is 0. The molecule has 10 aromatic rings. The van der Waals surface area contributed by atoms with Gasteiger partial charge >= 0.3 is 0 Å². The van der Waals surface area contributed by atoms with E-state index >= 15 is 0 Å². The maximum Gasteiger partial charge on any atom is 0.160 e.